The SMILES string of the molecule is C=P/C(=C\C=C/C)Oc1ccccc1Oc1ccccp1. The molecule has 0 radical (unpaired) electrons. The van der Waals surface area contributed by atoms with Gasteiger partial charge in [0.1, 0.15) is 0 Å². The summed E-state index contributed by atoms with van der Waals surface area (Å²) < 4.78 is 11.8. The third kappa shape index (κ3) is 4.86. The zero-order valence-electron chi connectivity index (χ0n) is 11.8. The Hall–Kier alpha value is -1.88. The molecule has 0 spiro atoms. The summed E-state index contributed by atoms with van der Waals surface area (Å²) in [6.07, 6.45) is 9.64. The number of hydrogen-bond donors (Lipinski definition) is 0. The van der Waals surface area contributed by atoms with E-state index in [1.165, 1.54) is 0 Å². The molecule has 0 aliphatic heterocycles. The summed E-state index contributed by atoms with van der Waals surface area (Å²) in [6.45, 7) is 1.96. The molecular weight excluding hydrogens is 298 g/mol. The van der Waals surface area contributed by atoms with Crippen LogP contribution in [0.1, 0.15) is 6.92 Å². The fraction of sp³-hybridized carbons (Fsp3) is 0.0588. The van der Waals surface area contributed by atoms with Crippen LogP contribution in [0.4, 0.5) is 0 Å². The van der Waals surface area contributed by atoms with Gasteiger partial charge in [-0.25, -0.2) is 0 Å². The van der Waals surface area contributed by atoms with Crippen molar-refractivity contribution in [3.63, 3.8) is 0 Å². The van der Waals surface area contributed by atoms with Crippen molar-refractivity contribution in [2.24, 2.45) is 0 Å². The van der Waals surface area contributed by atoms with Gasteiger partial charge in [-0.2, -0.15) is 0 Å². The maximum absolute atomic E-state index is 5.91. The van der Waals surface area contributed by atoms with Crippen molar-refractivity contribution in [1.29, 1.82) is 0 Å². The first-order valence-electron chi connectivity index (χ1n) is 6.49. The summed E-state index contributed by atoms with van der Waals surface area (Å²) in [4.78, 5) is 0. The highest BCUT2D eigenvalue weighted by atomic mass is 31.1. The Morgan fingerprint density at radius 2 is 1.90 bits per heavy atom. The van der Waals surface area contributed by atoms with E-state index in [-0.39, 0.29) is 0 Å². The second-order valence-corrected chi connectivity index (χ2v) is 5.76. The molecule has 0 bridgehead atoms. The van der Waals surface area contributed by atoms with Crippen molar-refractivity contribution in [3.8, 4) is 17.0 Å². The van der Waals surface area contributed by atoms with Gasteiger partial charge in [0, 0.05) is 0 Å². The van der Waals surface area contributed by atoms with Crippen LogP contribution in [0.5, 0.6) is 17.0 Å². The lowest BCUT2D eigenvalue weighted by Gasteiger charge is -2.11. The van der Waals surface area contributed by atoms with Crippen molar-refractivity contribution in [2.45, 2.75) is 6.92 Å². The highest BCUT2D eigenvalue weighted by Crippen LogP contribution is 2.36. The molecule has 0 saturated heterocycles. The van der Waals surface area contributed by atoms with Crippen molar-refractivity contribution >= 4 is 22.7 Å². The first-order valence-corrected chi connectivity index (χ1v) is 8.53. The Morgan fingerprint density at radius 3 is 2.57 bits per heavy atom. The predicted octanol–water partition coefficient (Wildman–Crippen LogP) is 6.23. The van der Waals surface area contributed by atoms with Crippen LogP contribution in [0.2, 0.25) is 0 Å². The minimum Gasteiger partial charge on any atom is -0.449 e. The maximum Gasteiger partial charge on any atom is 0.170 e. The largest absolute Gasteiger partial charge is 0.449 e. The lowest BCUT2D eigenvalue weighted by Crippen LogP contribution is -1.92. The average Bonchev–Trinajstić information content (AvgIpc) is 2.54. The van der Waals surface area contributed by atoms with Crippen LogP contribution in [0.15, 0.2) is 72.0 Å². The number of allylic oxidation sites excluding steroid dienone is 3. The van der Waals surface area contributed by atoms with Gasteiger partial charge in [0.2, 0.25) is 0 Å². The van der Waals surface area contributed by atoms with E-state index in [1.807, 2.05) is 73.4 Å². The molecule has 0 N–H and O–H groups in total. The molecule has 0 unspecified atom stereocenters. The van der Waals surface area contributed by atoms with Crippen molar-refractivity contribution in [1.82, 2.24) is 0 Å². The number of hydrogen-bond acceptors (Lipinski definition) is 2. The smallest absolute Gasteiger partial charge is 0.170 e. The molecule has 0 saturated carbocycles. The highest BCUT2D eigenvalue weighted by molar-refractivity contribution is 7.41. The van der Waals surface area contributed by atoms with Crippen LogP contribution >= 0.6 is 16.4 Å². The van der Waals surface area contributed by atoms with Crippen molar-refractivity contribution in [2.75, 3.05) is 0 Å². The van der Waals surface area contributed by atoms with Crippen LogP contribution in [0.3, 0.4) is 0 Å². The third-order valence-corrected chi connectivity index (χ3v) is 3.87. The summed E-state index contributed by atoms with van der Waals surface area (Å²) >= 11 is 0. The average molecular weight is 314 g/mol. The standard InChI is InChI=1S/C17H16O2P2/c1-3-4-11-16(20-2)18-14-9-5-6-10-15(14)19-17-12-7-8-13-21-17/h3-13H,2H2,1H3/b4-3-,16-11-. The van der Waals surface area contributed by atoms with E-state index < -0.39 is 0 Å². The number of ether oxygens (including phenoxy) is 2. The van der Waals surface area contributed by atoms with Gasteiger partial charge < -0.3 is 9.47 Å². The molecular formula is C17H16O2P2. The van der Waals surface area contributed by atoms with Crippen molar-refractivity contribution in [3.05, 3.63) is 72.0 Å². The normalized spacial score (nSPS) is 12.1. The fourth-order valence-corrected chi connectivity index (χ4v) is 2.56. The highest BCUT2D eigenvalue weighted by Gasteiger charge is 2.07. The molecule has 1 aromatic carbocycles. The van der Waals surface area contributed by atoms with Crippen LogP contribution in [0, 0.1) is 0 Å². The molecule has 21 heavy (non-hydrogen) atoms. The second kappa shape index (κ2) is 8.42. The van der Waals surface area contributed by atoms with Crippen LogP contribution in [0.25, 0.3) is 0 Å². The number of para-hydroxylation sites is 2. The zero-order chi connectivity index (χ0) is 14.9. The van der Waals surface area contributed by atoms with Gasteiger partial charge in [0.25, 0.3) is 0 Å². The molecule has 2 aromatic rings. The van der Waals surface area contributed by atoms with E-state index in [9.17, 15) is 0 Å². The van der Waals surface area contributed by atoms with Crippen molar-refractivity contribution < 1.29 is 9.47 Å². The quantitative estimate of drug-likeness (QED) is 0.357. The second-order valence-electron chi connectivity index (χ2n) is 4.01. The first kappa shape index (κ1) is 15.5. The van der Waals surface area contributed by atoms with E-state index in [4.69, 9.17) is 9.47 Å². The third-order valence-electron chi connectivity index (χ3n) is 2.50. The van der Waals surface area contributed by atoms with Crippen LogP contribution < -0.4 is 9.47 Å². The van der Waals surface area contributed by atoms with Gasteiger partial charge in [-0.05, 0) is 53.4 Å². The molecule has 0 atom stereocenters. The van der Waals surface area contributed by atoms with Gasteiger partial charge in [0.15, 0.2) is 22.5 Å². The van der Waals surface area contributed by atoms with E-state index in [0.29, 0.717) is 11.5 Å². The molecule has 0 aliphatic rings. The van der Waals surface area contributed by atoms with Gasteiger partial charge >= 0.3 is 0 Å². The summed E-state index contributed by atoms with van der Waals surface area (Å²) in [5.41, 5.74) is 1.64. The number of rotatable bonds is 6. The predicted molar refractivity (Wildman–Crippen MR) is 93.0 cm³/mol. The Kier molecular flexibility index (Phi) is 6.22. The van der Waals surface area contributed by atoms with E-state index in [1.54, 1.807) is 0 Å². The zero-order valence-corrected chi connectivity index (χ0v) is 13.6. The molecule has 1 heterocycles. The molecule has 0 fully saturated rings. The molecule has 0 amide bonds. The molecule has 2 rings (SSSR count). The molecule has 0 aliphatic carbocycles. The molecule has 106 valence electrons. The molecule has 2 nitrogen and oxygen atoms in total. The Labute approximate surface area is 128 Å². The lowest BCUT2D eigenvalue weighted by atomic mass is 10.3. The first-order chi connectivity index (χ1) is 10.3. The Morgan fingerprint density at radius 1 is 1.14 bits per heavy atom. The Balaban J connectivity index is 2.22. The fourth-order valence-electron chi connectivity index (χ4n) is 1.55. The van der Waals surface area contributed by atoms with Gasteiger partial charge in [-0.15, -0.1) is 0 Å². The number of benzene rings is 1. The monoisotopic (exact) mass is 314 g/mol. The molecule has 4 heteroatoms. The van der Waals surface area contributed by atoms with Gasteiger partial charge in [-0.3, -0.25) is 0 Å². The molecule has 1 aromatic heterocycles. The maximum atomic E-state index is 5.91. The minimum atomic E-state index is 0.690. The Bertz CT molecular complexity index is 649. The van der Waals surface area contributed by atoms with Gasteiger partial charge in [-0.1, -0.05) is 42.7 Å². The topological polar surface area (TPSA) is 18.5 Å². The van der Waals surface area contributed by atoms with Gasteiger partial charge in [0.05, 0.1) is 0 Å². The summed E-state index contributed by atoms with van der Waals surface area (Å²) in [5, 5.41) is 0. The van der Waals surface area contributed by atoms with E-state index in [0.717, 1.165) is 27.4 Å². The summed E-state index contributed by atoms with van der Waals surface area (Å²) in [5.74, 6) is 3.43. The van der Waals surface area contributed by atoms with E-state index >= 15 is 0 Å². The van der Waals surface area contributed by atoms with Crippen LogP contribution in [-0.4, -0.2) is 6.30 Å². The van der Waals surface area contributed by atoms with E-state index in [2.05, 4.69) is 6.30 Å². The summed E-state index contributed by atoms with van der Waals surface area (Å²) in [6, 6.07) is 13.6. The summed E-state index contributed by atoms with van der Waals surface area (Å²) in [7, 11) is 1.86. The minimum absolute atomic E-state index is 0.690. The lowest BCUT2D eigenvalue weighted by molar-refractivity contribution is 0.415. The van der Waals surface area contributed by atoms with Crippen LogP contribution in [-0.2, 0) is 0 Å².